The fourth-order valence-electron chi connectivity index (χ4n) is 1.99. The fourth-order valence-corrected chi connectivity index (χ4v) is 2.18. The summed E-state index contributed by atoms with van der Waals surface area (Å²) in [4.78, 5) is 24.7. The zero-order valence-corrected chi connectivity index (χ0v) is 11.2. The van der Waals surface area contributed by atoms with Crippen LogP contribution in [0.5, 0.6) is 0 Å². The summed E-state index contributed by atoms with van der Waals surface area (Å²) >= 11 is 4.06. The first-order chi connectivity index (χ1) is 8.61. The maximum atomic E-state index is 11.8. The Morgan fingerprint density at radius 1 is 1.44 bits per heavy atom. The molecule has 0 unspecified atom stereocenters. The van der Waals surface area contributed by atoms with Crippen LogP contribution in [-0.4, -0.2) is 24.6 Å². The maximum Gasteiger partial charge on any atom is 0.227 e. The molecule has 18 heavy (non-hydrogen) atoms. The number of nitrogens with one attached hydrogen (secondary N) is 1. The van der Waals surface area contributed by atoms with Crippen molar-refractivity contribution in [2.75, 3.05) is 23.0 Å². The van der Waals surface area contributed by atoms with Gasteiger partial charge in [0.25, 0.3) is 0 Å². The molecule has 1 aromatic carbocycles. The van der Waals surface area contributed by atoms with Crippen molar-refractivity contribution in [2.24, 2.45) is 0 Å². The van der Waals surface area contributed by atoms with Crippen LogP contribution in [0.3, 0.4) is 0 Å². The van der Waals surface area contributed by atoms with Crippen LogP contribution in [0.4, 0.5) is 11.4 Å². The number of nitrogens with zero attached hydrogens (tertiary/aromatic N) is 1. The molecule has 0 saturated heterocycles. The van der Waals surface area contributed by atoms with Gasteiger partial charge in [-0.2, -0.15) is 12.6 Å². The van der Waals surface area contributed by atoms with E-state index in [1.54, 1.807) is 11.9 Å². The van der Waals surface area contributed by atoms with E-state index < -0.39 is 0 Å². The smallest absolute Gasteiger partial charge is 0.227 e. The molecule has 0 aliphatic carbocycles. The lowest BCUT2D eigenvalue weighted by molar-refractivity contribution is -0.118. The molecule has 5 heteroatoms. The number of benzene rings is 1. The third-order valence-electron chi connectivity index (χ3n) is 3.07. The van der Waals surface area contributed by atoms with Crippen molar-refractivity contribution < 1.29 is 9.59 Å². The summed E-state index contributed by atoms with van der Waals surface area (Å²) in [7, 11) is 1.76. The molecule has 0 atom stereocenters. The predicted octanol–water partition coefficient (Wildman–Crippen LogP) is 1.85. The maximum absolute atomic E-state index is 11.8. The summed E-state index contributed by atoms with van der Waals surface area (Å²) in [5.74, 6) is 0.643. The third kappa shape index (κ3) is 2.67. The molecule has 1 heterocycles. The van der Waals surface area contributed by atoms with Crippen molar-refractivity contribution in [2.45, 2.75) is 19.3 Å². The molecule has 1 aromatic rings. The van der Waals surface area contributed by atoms with E-state index in [0.717, 1.165) is 23.4 Å². The second-order valence-corrected chi connectivity index (χ2v) is 4.76. The van der Waals surface area contributed by atoms with Gasteiger partial charge >= 0.3 is 0 Å². The first-order valence-electron chi connectivity index (χ1n) is 5.92. The van der Waals surface area contributed by atoms with Gasteiger partial charge in [-0.25, -0.2) is 0 Å². The largest absolute Gasteiger partial charge is 0.326 e. The molecule has 0 fully saturated rings. The highest BCUT2D eigenvalue weighted by Gasteiger charge is 2.17. The molecule has 0 bridgehead atoms. The average Bonchev–Trinajstić information content (AvgIpc) is 2.37. The molecular weight excluding hydrogens is 248 g/mol. The summed E-state index contributed by atoms with van der Waals surface area (Å²) in [5, 5.41) is 2.83. The van der Waals surface area contributed by atoms with Crippen molar-refractivity contribution in [3.63, 3.8) is 0 Å². The Balaban J connectivity index is 2.21. The molecule has 2 rings (SSSR count). The second kappa shape index (κ2) is 5.44. The molecule has 1 N–H and O–H groups in total. The van der Waals surface area contributed by atoms with Crippen LogP contribution in [0, 0.1) is 0 Å². The van der Waals surface area contributed by atoms with Crippen LogP contribution in [0.2, 0.25) is 0 Å². The van der Waals surface area contributed by atoms with Crippen LogP contribution in [-0.2, 0) is 16.0 Å². The molecule has 96 valence electrons. The summed E-state index contributed by atoms with van der Waals surface area (Å²) in [6.07, 6.45) is 1.65. The van der Waals surface area contributed by atoms with Gasteiger partial charge in [0.2, 0.25) is 11.8 Å². The van der Waals surface area contributed by atoms with Gasteiger partial charge in [0.05, 0.1) is 0 Å². The minimum atomic E-state index is 0.0461. The summed E-state index contributed by atoms with van der Waals surface area (Å²) in [6, 6.07) is 5.66. The zero-order chi connectivity index (χ0) is 13.1. The van der Waals surface area contributed by atoms with E-state index in [4.69, 9.17) is 0 Å². The van der Waals surface area contributed by atoms with Gasteiger partial charge in [0.1, 0.15) is 0 Å². The van der Waals surface area contributed by atoms with Crippen LogP contribution < -0.4 is 10.2 Å². The molecule has 2 amide bonds. The third-order valence-corrected chi connectivity index (χ3v) is 3.29. The van der Waals surface area contributed by atoms with Gasteiger partial charge in [-0.1, -0.05) is 0 Å². The molecule has 0 radical (unpaired) electrons. The molecular formula is C13H16N2O2S. The van der Waals surface area contributed by atoms with E-state index in [9.17, 15) is 9.59 Å². The van der Waals surface area contributed by atoms with E-state index in [0.29, 0.717) is 18.6 Å². The van der Waals surface area contributed by atoms with E-state index in [1.165, 1.54) is 0 Å². The Kier molecular flexibility index (Phi) is 3.91. The van der Waals surface area contributed by atoms with Gasteiger partial charge in [0.15, 0.2) is 0 Å². The molecule has 0 aromatic heterocycles. The van der Waals surface area contributed by atoms with Crippen molar-refractivity contribution in [1.29, 1.82) is 0 Å². The molecule has 0 saturated carbocycles. The number of hydrogen-bond acceptors (Lipinski definition) is 3. The number of rotatable bonds is 3. The van der Waals surface area contributed by atoms with E-state index in [-0.39, 0.29) is 11.8 Å². The highest BCUT2D eigenvalue weighted by atomic mass is 32.1. The number of amides is 2. The van der Waals surface area contributed by atoms with Crippen LogP contribution >= 0.6 is 12.6 Å². The lowest BCUT2D eigenvalue weighted by Gasteiger charge is -2.21. The summed E-state index contributed by atoms with van der Waals surface area (Å²) < 4.78 is 0. The first-order valence-corrected chi connectivity index (χ1v) is 6.55. The highest BCUT2D eigenvalue weighted by molar-refractivity contribution is 7.80. The molecule has 4 nitrogen and oxygen atoms in total. The topological polar surface area (TPSA) is 49.4 Å². The van der Waals surface area contributed by atoms with E-state index in [2.05, 4.69) is 17.9 Å². The van der Waals surface area contributed by atoms with Crippen LogP contribution in [0.25, 0.3) is 0 Å². The number of fused-ring (bicyclic) bond motifs is 1. The van der Waals surface area contributed by atoms with Gasteiger partial charge in [0, 0.05) is 31.3 Å². The standard InChI is InChI=1S/C13H16N2O2S/c1-15(13(17)6-7-18)10-3-4-11-9(8-10)2-5-12(16)14-11/h3-4,8,18H,2,5-7H2,1H3,(H,14,16). The predicted molar refractivity (Wildman–Crippen MR) is 75.3 cm³/mol. The van der Waals surface area contributed by atoms with Crippen molar-refractivity contribution >= 4 is 35.8 Å². The zero-order valence-electron chi connectivity index (χ0n) is 10.3. The molecule has 0 spiro atoms. The monoisotopic (exact) mass is 264 g/mol. The summed E-state index contributed by atoms with van der Waals surface area (Å²) in [5.41, 5.74) is 2.79. The number of hydrogen-bond donors (Lipinski definition) is 2. The number of aryl methyl sites for hydroxylation is 1. The Hall–Kier alpha value is -1.49. The van der Waals surface area contributed by atoms with E-state index >= 15 is 0 Å². The quantitative estimate of drug-likeness (QED) is 0.819. The van der Waals surface area contributed by atoms with Crippen molar-refractivity contribution in [1.82, 2.24) is 0 Å². The second-order valence-electron chi connectivity index (χ2n) is 4.32. The minimum Gasteiger partial charge on any atom is -0.326 e. The fraction of sp³-hybridized carbons (Fsp3) is 0.385. The van der Waals surface area contributed by atoms with Gasteiger partial charge in [-0.15, -0.1) is 0 Å². The van der Waals surface area contributed by atoms with Gasteiger partial charge in [-0.3, -0.25) is 9.59 Å². The lowest BCUT2D eigenvalue weighted by atomic mass is 10.0. The summed E-state index contributed by atoms with van der Waals surface area (Å²) in [6.45, 7) is 0. The normalized spacial score (nSPS) is 13.8. The first kappa shape index (κ1) is 13.0. The Morgan fingerprint density at radius 3 is 2.94 bits per heavy atom. The van der Waals surface area contributed by atoms with Crippen LogP contribution in [0.1, 0.15) is 18.4 Å². The van der Waals surface area contributed by atoms with Crippen LogP contribution in [0.15, 0.2) is 18.2 Å². The number of anilines is 2. The van der Waals surface area contributed by atoms with E-state index in [1.807, 2.05) is 18.2 Å². The Labute approximate surface area is 112 Å². The highest BCUT2D eigenvalue weighted by Crippen LogP contribution is 2.27. The minimum absolute atomic E-state index is 0.0461. The molecule has 1 aliphatic rings. The number of carbonyl (C=O) groups excluding carboxylic acids is 2. The SMILES string of the molecule is CN(C(=O)CCS)c1ccc2c(c1)CCC(=O)N2. The van der Waals surface area contributed by atoms with Crippen molar-refractivity contribution in [3.8, 4) is 0 Å². The molecule has 1 aliphatic heterocycles. The Bertz CT molecular complexity index is 488. The van der Waals surface area contributed by atoms with Gasteiger partial charge < -0.3 is 10.2 Å². The lowest BCUT2D eigenvalue weighted by Crippen LogP contribution is -2.27. The Morgan fingerprint density at radius 2 is 2.22 bits per heavy atom. The van der Waals surface area contributed by atoms with Crippen molar-refractivity contribution in [3.05, 3.63) is 23.8 Å². The van der Waals surface area contributed by atoms with Gasteiger partial charge in [-0.05, 0) is 35.9 Å². The number of thiol groups is 1. The number of carbonyl (C=O) groups is 2. The average molecular weight is 264 g/mol.